The molecule has 0 aliphatic heterocycles. The van der Waals surface area contributed by atoms with E-state index in [1.807, 2.05) is 0 Å². The minimum Gasteiger partial charge on any atom is -0.755 e. The largest absolute Gasteiger partial charge is 0.755 e. The molecule has 1 heterocycles. The fourth-order valence-electron chi connectivity index (χ4n) is 1.23. The highest BCUT2D eigenvalue weighted by molar-refractivity contribution is 7.80. The molecule has 0 aliphatic carbocycles. The summed E-state index contributed by atoms with van der Waals surface area (Å²) in [6.45, 7) is 0. The van der Waals surface area contributed by atoms with E-state index in [1.54, 1.807) is 36.5 Å². The van der Waals surface area contributed by atoms with Crippen LogP contribution in [0.3, 0.4) is 0 Å². The molecule has 2 rings (SSSR count). The Morgan fingerprint density at radius 3 is 2.41 bits per heavy atom. The van der Waals surface area contributed by atoms with Gasteiger partial charge in [-0.3, -0.25) is 4.21 Å². The van der Waals surface area contributed by atoms with Crippen molar-refractivity contribution in [3.63, 3.8) is 0 Å². The van der Waals surface area contributed by atoms with Crippen LogP contribution in [0, 0.1) is 0 Å². The van der Waals surface area contributed by atoms with Gasteiger partial charge in [-0.05, 0) is 30.3 Å². The molecule has 0 spiro atoms. The van der Waals surface area contributed by atoms with Crippen molar-refractivity contribution in [2.75, 3.05) is 10.0 Å². The normalized spacial score (nSPS) is 11.8. The molecular weight excluding hydrogens is 240 g/mol. The maximum atomic E-state index is 10.4. The summed E-state index contributed by atoms with van der Waals surface area (Å²) in [5.41, 5.74) is 1.32. The van der Waals surface area contributed by atoms with Crippen molar-refractivity contribution in [3.05, 3.63) is 42.9 Å². The quantitative estimate of drug-likeness (QED) is 0.800. The number of nitrogens with zero attached hydrogens (tertiary/aromatic N) is 2. The number of hydrogen-bond acceptors (Lipinski definition) is 5. The van der Waals surface area contributed by atoms with E-state index in [4.69, 9.17) is 0 Å². The fraction of sp³-hybridized carbons (Fsp3) is 0. The Hall–Kier alpha value is -1.99. The lowest BCUT2D eigenvalue weighted by molar-refractivity contribution is 0.542. The summed E-state index contributed by atoms with van der Waals surface area (Å²) in [5.74, 6) is 0.674. The Morgan fingerprint density at radius 2 is 1.82 bits per heavy atom. The lowest BCUT2D eigenvalue weighted by Crippen LogP contribution is -2.02. The predicted molar refractivity (Wildman–Crippen MR) is 64.3 cm³/mol. The Morgan fingerprint density at radius 1 is 1.12 bits per heavy atom. The average molecular weight is 249 g/mol. The van der Waals surface area contributed by atoms with Crippen LogP contribution in [0.2, 0.25) is 0 Å². The van der Waals surface area contributed by atoms with Gasteiger partial charge in [0.25, 0.3) is 0 Å². The van der Waals surface area contributed by atoms with Crippen LogP contribution in [0.4, 0.5) is 17.2 Å². The van der Waals surface area contributed by atoms with Gasteiger partial charge in [-0.15, -0.1) is 0 Å². The first kappa shape index (κ1) is 11.5. The summed E-state index contributed by atoms with van der Waals surface area (Å²) in [6, 6.07) is 8.53. The molecule has 7 heteroatoms. The van der Waals surface area contributed by atoms with Crippen LogP contribution in [0.25, 0.3) is 0 Å². The van der Waals surface area contributed by atoms with E-state index in [9.17, 15) is 8.76 Å². The van der Waals surface area contributed by atoms with Gasteiger partial charge < -0.3 is 14.6 Å². The molecule has 88 valence electrons. The first-order valence-electron chi connectivity index (χ1n) is 4.73. The van der Waals surface area contributed by atoms with Gasteiger partial charge in [-0.1, -0.05) is 0 Å². The second kappa shape index (κ2) is 5.37. The van der Waals surface area contributed by atoms with Crippen LogP contribution in [-0.2, 0) is 11.3 Å². The van der Waals surface area contributed by atoms with Crippen LogP contribution in [-0.4, -0.2) is 18.7 Å². The van der Waals surface area contributed by atoms with Crippen molar-refractivity contribution in [1.82, 2.24) is 9.97 Å². The highest BCUT2D eigenvalue weighted by Gasteiger charge is 1.95. The van der Waals surface area contributed by atoms with Gasteiger partial charge in [-0.2, -0.15) is 0 Å². The van der Waals surface area contributed by atoms with Crippen LogP contribution < -0.4 is 10.0 Å². The summed E-state index contributed by atoms with van der Waals surface area (Å²) in [6.07, 6.45) is 3.07. The molecule has 6 nitrogen and oxygen atoms in total. The molecule has 0 amide bonds. The molecule has 0 bridgehead atoms. The van der Waals surface area contributed by atoms with Crippen molar-refractivity contribution < 1.29 is 8.76 Å². The van der Waals surface area contributed by atoms with Crippen LogP contribution >= 0.6 is 0 Å². The van der Waals surface area contributed by atoms with E-state index < -0.39 is 11.3 Å². The SMILES string of the molecule is O=S([O-])Nc1ccc(Nc2ccncn2)cc1. The monoisotopic (exact) mass is 249 g/mol. The molecular formula is C10H9N4O2S-. The molecule has 0 saturated heterocycles. The lowest BCUT2D eigenvalue weighted by Gasteiger charge is -2.09. The number of nitrogens with one attached hydrogen (secondary N) is 2. The molecule has 1 unspecified atom stereocenters. The fourth-order valence-corrected chi connectivity index (χ4v) is 1.56. The van der Waals surface area contributed by atoms with E-state index in [0.29, 0.717) is 11.5 Å². The molecule has 1 aromatic heterocycles. The Bertz CT molecular complexity index is 503. The van der Waals surface area contributed by atoms with Gasteiger partial charge in [0.15, 0.2) is 0 Å². The third-order valence-corrected chi connectivity index (χ3v) is 2.34. The maximum Gasteiger partial charge on any atom is 0.133 e. The Labute approximate surface area is 101 Å². The van der Waals surface area contributed by atoms with Crippen LogP contribution in [0.5, 0.6) is 0 Å². The molecule has 0 radical (unpaired) electrons. The second-order valence-corrected chi connectivity index (χ2v) is 3.81. The zero-order valence-corrected chi connectivity index (χ0v) is 9.48. The van der Waals surface area contributed by atoms with E-state index in [2.05, 4.69) is 20.0 Å². The van der Waals surface area contributed by atoms with Crippen molar-refractivity contribution in [2.45, 2.75) is 0 Å². The van der Waals surface area contributed by atoms with Crippen molar-refractivity contribution in [3.8, 4) is 0 Å². The molecule has 1 aromatic carbocycles. The molecule has 0 saturated carbocycles. The minimum atomic E-state index is -2.30. The number of rotatable bonds is 4. The minimum absolute atomic E-state index is 0.506. The molecule has 0 aliphatic rings. The topological polar surface area (TPSA) is 90.0 Å². The van der Waals surface area contributed by atoms with Crippen LogP contribution in [0.1, 0.15) is 0 Å². The Balaban J connectivity index is 2.06. The van der Waals surface area contributed by atoms with Gasteiger partial charge in [0.05, 0.1) is 0 Å². The van der Waals surface area contributed by atoms with Gasteiger partial charge in [0, 0.05) is 28.8 Å². The van der Waals surface area contributed by atoms with Gasteiger partial charge in [-0.25, -0.2) is 9.97 Å². The number of hydrogen-bond donors (Lipinski definition) is 2. The zero-order chi connectivity index (χ0) is 12.1. The number of anilines is 3. The van der Waals surface area contributed by atoms with E-state index >= 15 is 0 Å². The summed E-state index contributed by atoms with van der Waals surface area (Å²) in [5, 5.41) is 3.05. The van der Waals surface area contributed by atoms with Gasteiger partial charge in [0.1, 0.15) is 12.1 Å². The Kier molecular flexibility index (Phi) is 3.63. The van der Waals surface area contributed by atoms with E-state index in [0.717, 1.165) is 5.69 Å². The third kappa shape index (κ3) is 3.51. The molecule has 0 fully saturated rings. The summed E-state index contributed by atoms with van der Waals surface area (Å²) in [7, 11) is 0. The van der Waals surface area contributed by atoms with Crippen molar-refractivity contribution >= 4 is 28.5 Å². The molecule has 17 heavy (non-hydrogen) atoms. The van der Waals surface area contributed by atoms with Crippen molar-refractivity contribution in [2.24, 2.45) is 0 Å². The summed E-state index contributed by atoms with van der Waals surface area (Å²) < 4.78 is 23.1. The van der Waals surface area contributed by atoms with Gasteiger partial charge in [0.2, 0.25) is 0 Å². The number of aromatic nitrogens is 2. The molecule has 2 N–H and O–H groups in total. The molecule has 2 aromatic rings. The first-order valence-corrected chi connectivity index (χ1v) is 5.80. The maximum absolute atomic E-state index is 10.4. The van der Waals surface area contributed by atoms with Crippen molar-refractivity contribution in [1.29, 1.82) is 0 Å². The van der Waals surface area contributed by atoms with E-state index in [1.165, 1.54) is 6.33 Å². The van der Waals surface area contributed by atoms with E-state index in [-0.39, 0.29) is 0 Å². The zero-order valence-electron chi connectivity index (χ0n) is 8.66. The standard InChI is InChI=1S/C10H10N4O2S/c15-17(16)14-9-3-1-8(2-4-9)13-10-5-6-11-7-12-10/h1-7,14H,(H,15,16)(H,11,12,13)/p-1. The van der Waals surface area contributed by atoms with Crippen LogP contribution in [0.15, 0.2) is 42.9 Å². The highest BCUT2D eigenvalue weighted by Crippen LogP contribution is 2.16. The second-order valence-electron chi connectivity index (χ2n) is 3.13. The average Bonchev–Trinajstić information content (AvgIpc) is 2.32. The third-order valence-electron chi connectivity index (χ3n) is 1.94. The smallest absolute Gasteiger partial charge is 0.133 e. The molecule has 1 atom stereocenters. The summed E-state index contributed by atoms with van der Waals surface area (Å²) in [4.78, 5) is 7.81. The van der Waals surface area contributed by atoms with Gasteiger partial charge >= 0.3 is 0 Å². The summed E-state index contributed by atoms with van der Waals surface area (Å²) >= 11 is -2.30. The first-order chi connectivity index (χ1) is 8.24. The highest BCUT2D eigenvalue weighted by atomic mass is 32.2. The predicted octanol–water partition coefficient (Wildman–Crippen LogP) is 1.43. The number of benzene rings is 1. The lowest BCUT2D eigenvalue weighted by atomic mass is 10.3.